The Morgan fingerprint density at radius 3 is 2.26 bits per heavy atom. The summed E-state index contributed by atoms with van der Waals surface area (Å²) in [5, 5.41) is 4.12. The zero-order chi connectivity index (χ0) is 23.9. The molecule has 35 heavy (non-hydrogen) atoms. The molecule has 5 rings (SSSR count). The van der Waals surface area contributed by atoms with E-state index in [1.165, 1.54) is 5.56 Å². The summed E-state index contributed by atoms with van der Waals surface area (Å²) in [6.07, 6.45) is 2.47. The number of fused-ring (bicyclic) bond motifs is 1. The summed E-state index contributed by atoms with van der Waals surface area (Å²) >= 11 is 0. The van der Waals surface area contributed by atoms with Gasteiger partial charge < -0.3 is 18.9 Å². The van der Waals surface area contributed by atoms with Crippen molar-refractivity contribution in [3.63, 3.8) is 0 Å². The number of aromatic nitrogens is 2. The molecule has 2 heterocycles. The van der Waals surface area contributed by atoms with Crippen LogP contribution in [0.15, 0.2) is 83.4 Å². The maximum Gasteiger partial charge on any atom is 0.231 e. The SMILES string of the molecule is O=C(CCc1ccccc1)N(CCc1ccccc1)CCc1nc(-c2ccc3c(c2)OCO3)no1. The molecule has 3 aromatic carbocycles. The summed E-state index contributed by atoms with van der Waals surface area (Å²) in [7, 11) is 0. The number of carbonyl (C=O) groups is 1. The summed E-state index contributed by atoms with van der Waals surface area (Å²) in [6, 6.07) is 25.9. The zero-order valence-corrected chi connectivity index (χ0v) is 19.4. The van der Waals surface area contributed by atoms with Gasteiger partial charge in [0.25, 0.3) is 0 Å². The number of hydrogen-bond acceptors (Lipinski definition) is 6. The van der Waals surface area contributed by atoms with E-state index in [1.807, 2.05) is 59.5 Å². The maximum atomic E-state index is 13.1. The number of ether oxygens (including phenoxy) is 2. The van der Waals surface area contributed by atoms with Gasteiger partial charge in [0.1, 0.15) is 0 Å². The molecule has 1 aromatic heterocycles. The topological polar surface area (TPSA) is 77.7 Å². The van der Waals surface area contributed by atoms with Crippen LogP contribution in [0.2, 0.25) is 0 Å². The molecule has 4 aromatic rings. The molecule has 1 aliphatic rings. The first-order chi connectivity index (χ1) is 17.2. The molecule has 0 fully saturated rings. The highest BCUT2D eigenvalue weighted by Gasteiger charge is 2.18. The number of benzene rings is 3. The van der Waals surface area contributed by atoms with Crippen LogP contribution in [-0.2, 0) is 24.1 Å². The van der Waals surface area contributed by atoms with E-state index in [4.69, 9.17) is 14.0 Å². The molecule has 7 nitrogen and oxygen atoms in total. The number of hydrogen-bond donors (Lipinski definition) is 0. The predicted molar refractivity (Wildman–Crippen MR) is 131 cm³/mol. The van der Waals surface area contributed by atoms with E-state index in [-0.39, 0.29) is 12.7 Å². The summed E-state index contributed by atoms with van der Waals surface area (Å²) in [4.78, 5) is 19.6. The fourth-order valence-corrected chi connectivity index (χ4v) is 4.06. The Morgan fingerprint density at radius 2 is 1.49 bits per heavy atom. The Hall–Kier alpha value is -4.13. The molecule has 0 aliphatic carbocycles. The van der Waals surface area contributed by atoms with Gasteiger partial charge in [0.05, 0.1) is 0 Å². The first-order valence-electron chi connectivity index (χ1n) is 11.8. The quantitative estimate of drug-likeness (QED) is 0.335. The third-order valence-electron chi connectivity index (χ3n) is 6.03. The standard InChI is InChI=1S/C28H27N3O4/c32-27(14-11-21-7-3-1-4-8-21)31(17-15-22-9-5-2-6-10-22)18-16-26-29-28(30-35-26)23-12-13-24-25(19-23)34-20-33-24/h1-10,12-13,19H,11,14-18,20H2. The van der Waals surface area contributed by atoms with Crippen LogP contribution in [0.25, 0.3) is 11.4 Å². The number of nitrogens with zero attached hydrogens (tertiary/aromatic N) is 3. The number of amides is 1. The highest BCUT2D eigenvalue weighted by molar-refractivity contribution is 5.76. The lowest BCUT2D eigenvalue weighted by Crippen LogP contribution is -2.35. The summed E-state index contributed by atoms with van der Waals surface area (Å²) in [5.74, 6) is 2.49. The van der Waals surface area contributed by atoms with E-state index in [1.54, 1.807) is 0 Å². The average molecular weight is 470 g/mol. The first-order valence-corrected chi connectivity index (χ1v) is 11.8. The molecule has 0 atom stereocenters. The van der Waals surface area contributed by atoms with E-state index in [0.717, 1.165) is 24.0 Å². The Balaban J connectivity index is 1.23. The second-order valence-corrected chi connectivity index (χ2v) is 8.43. The molecule has 0 unspecified atom stereocenters. The molecule has 178 valence electrons. The van der Waals surface area contributed by atoms with Crippen LogP contribution in [0.3, 0.4) is 0 Å². The van der Waals surface area contributed by atoms with Crippen LogP contribution < -0.4 is 9.47 Å². The van der Waals surface area contributed by atoms with Crippen molar-refractivity contribution in [3.05, 3.63) is 95.9 Å². The Bertz CT molecular complexity index is 1260. The minimum atomic E-state index is 0.125. The van der Waals surface area contributed by atoms with Crippen molar-refractivity contribution >= 4 is 5.91 Å². The fourth-order valence-electron chi connectivity index (χ4n) is 4.06. The first kappa shape index (κ1) is 22.7. The van der Waals surface area contributed by atoms with Gasteiger partial charge in [0, 0.05) is 31.5 Å². The van der Waals surface area contributed by atoms with Crippen molar-refractivity contribution in [2.75, 3.05) is 19.9 Å². The second kappa shape index (κ2) is 10.9. The van der Waals surface area contributed by atoms with Gasteiger partial charge in [-0.1, -0.05) is 65.8 Å². The van der Waals surface area contributed by atoms with Gasteiger partial charge in [0.15, 0.2) is 11.5 Å². The van der Waals surface area contributed by atoms with Crippen molar-refractivity contribution < 1.29 is 18.8 Å². The van der Waals surface area contributed by atoms with Gasteiger partial charge in [-0.3, -0.25) is 4.79 Å². The number of carbonyl (C=O) groups excluding carboxylic acids is 1. The van der Waals surface area contributed by atoms with Crippen molar-refractivity contribution in [1.82, 2.24) is 15.0 Å². The van der Waals surface area contributed by atoms with Gasteiger partial charge in [0.2, 0.25) is 24.4 Å². The lowest BCUT2D eigenvalue weighted by atomic mass is 10.1. The monoisotopic (exact) mass is 469 g/mol. The normalized spacial score (nSPS) is 12.0. The average Bonchev–Trinajstić information content (AvgIpc) is 3.58. The lowest BCUT2D eigenvalue weighted by Gasteiger charge is -2.22. The van der Waals surface area contributed by atoms with Crippen LogP contribution in [0, 0.1) is 0 Å². The largest absolute Gasteiger partial charge is 0.454 e. The summed E-state index contributed by atoms with van der Waals surface area (Å²) in [6.45, 7) is 1.37. The van der Waals surface area contributed by atoms with E-state index in [9.17, 15) is 4.79 Å². The molecule has 7 heteroatoms. The Kier molecular flexibility index (Phi) is 7.03. The highest BCUT2D eigenvalue weighted by Crippen LogP contribution is 2.35. The third-order valence-corrected chi connectivity index (χ3v) is 6.03. The molecule has 0 radical (unpaired) electrons. The van der Waals surface area contributed by atoms with Crippen LogP contribution in [0.4, 0.5) is 0 Å². The molecule has 0 N–H and O–H groups in total. The molecule has 0 spiro atoms. The van der Waals surface area contributed by atoms with Gasteiger partial charge in [-0.2, -0.15) is 4.98 Å². The van der Waals surface area contributed by atoms with Crippen LogP contribution in [0.1, 0.15) is 23.4 Å². The third kappa shape index (κ3) is 5.87. The zero-order valence-electron chi connectivity index (χ0n) is 19.4. The predicted octanol–water partition coefficient (Wildman–Crippen LogP) is 4.71. The minimum Gasteiger partial charge on any atom is -0.454 e. The van der Waals surface area contributed by atoms with E-state index < -0.39 is 0 Å². The minimum absolute atomic E-state index is 0.125. The Labute approximate surface area is 204 Å². The highest BCUT2D eigenvalue weighted by atomic mass is 16.7. The van der Waals surface area contributed by atoms with Gasteiger partial charge in [-0.25, -0.2) is 0 Å². The van der Waals surface area contributed by atoms with Gasteiger partial charge in [-0.15, -0.1) is 0 Å². The van der Waals surface area contributed by atoms with Gasteiger partial charge >= 0.3 is 0 Å². The molecular weight excluding hydrogens is 442 g/mol. The van der Waals surface area contributed by atoms with E-state index in [0.29, 0.717) is 49.1 Å². The van der Waals surface area contributed by atoms with Crippen molar-refractivity contribution in [1.29, 1.82) is 0 Å². The summed E-state index contributed by atoms with van der Waals surface area (Å²) in [5.41, 5.74) is 3.16. The van der Waals surface area contributed by atoms with Crippen LogP contribution in [0.5, 0.6) is 11.5 Å². The van der Waals surface area contributed by atoms with Crippen molar-refractivity contribution in [3.8, 4) is 22.9 Å². The molecule has 1 aliphatic heterocycles. The molecule has 0 bridgehead atoms. The lowest BCUT2D eigenvalue weighted by molar-refractivity contribution is -0.131. The Morgan fingerprint density at radius 1 is 0.800 bits per heavy atom. The fraction of sp³-hybridized carbons (Fsp3) is 0.250. The molecule has 0 saturated heterocycles. The van der Waals surface area contributed by atoms with Crippen molar-refractivity contribution in [2.45, 2.75) is 25.7 Å². The maximum absolute atomic E-state index is 13.1. The van der Waals surface area contributed by atoms with Crippen molar-refractivity contribution in [2.24, 2.45) is 0 Å². The van der Waals surface area contributed by atoms with E-state index in [2.05, 4.69) is 34.4 Å². The van der Waals surface area contributed by atoms with Crippen LogP contribution >= 0.6 is 0 Å². The van der Waals surface area contributed by atoms with Gasteiger partial charge in [-0.05, 0) is 42.2 Å². The molecular formula is C28H27N3O4. The van der Waals surface area contributed by atoms with E-state index >= 15 is 0 Å². The summed E-state index contributed by atoms with van der Waals surface area (Å²) < 4.78 is 16.3. The number of aryl methyl sites for hydroxylation is 1. The second-order valence-electron chi connectivity index (χ2n) is 8.43. The molecule has 0 saturated carbocycles. The number of rotatable bonds is 10. The smallest absolute Gasteiger partial charge is 0.231 e. The van der Waals surface area contributed by atoms with Crippen LogP contribution in [-0.4, -0.2) is 40.8 Å². The molecule has 1 amide bonds.